The molecule has 3 atom stereocenters. The van der Waals surface area contributed by atoms with Gasteiger partial charge >= 0.3 is 0 Å². The fourth-order valence-corrected chi connectivity index (χ4v) is 1.59. The summed E-state index contributed by atoms with van der Waals surface area (Å²) < 4.78 is 5.43. The van der Waals surface area contributed by atoms with Crippen molar-refractivity contribution in [1.29, 1.82) is 0 Å². The van der Waals surface area contributed by atoms with E-state index in [2.05, 4.69) is 5.32 Å². The number of furan rings is 1. The minimum atomic E-state index is -0.0843. The number of carbonyl (C=O) groups is 1. The first kappa shape index (κ1) is 10.2. The van der Waals surface area contributed by atoms with E-state index in [9.17, 15) is 4.79 Å². The van der Waals surface area contributed by atoms with E-state index < -0.39 is 0 Å². The van der Waals surface area contributed by atoms with Crippen LogP contribution in [0.2, 0.25) is 0 Å². The Hall–Kier alpha value is -1.29. The van der Waals surface area contributed by atoms with E-state index in [1.54, 1.807) is 0 Å². The van der Waals surface area contributed by atoms with Crippen molar-refractivity contribution in [3.8, 4) is 0 Å². The third-order valence-corrected chi connectivity index (χ3v) is 2.72. The first-order valence-electron chi connectivity index (χ1n) is 5.20. The van der Waals surface area contributed by atoms with Gasteiger partial charge in [0.05, 0.1) is 12.0 Å². The Morgan fingerprint density at radius 3 is 2.80 bits per heavy atom. The molecule has 2 rings (SSSR count). The quantitative estimate of drug-likeness (QED) is 0.782. The van der Waals surface area contributed by atoms with Gasteiger partial charge in [0.1, 0.15) is 11.5 Å². The van der Waals surface area contributed by atoms with E-state index >= 15 is 0 Å². The molecule has 1 saturated carbocycles. The lowest BCUT2D eigenvalue weighted by Gasteiger charge is -2.10. The monoisotopic (exact) mass is 208 g/mol. The Morgan fingerprint density at radius 2 is 2.33 bits per heavy atom. The second kappa shape index (κ2) is 3.70. The van der Waals surface area contributed by atoms with Crippen LogP contribution >= 0.6 is 0 Å². The molecule has 4 heteroatoms. The smallest absolute Gasteiger partial charge is 0.225 e. The van der Waals surface area contributed by atoms with Gasteiger partial charge in [-0.3, -0.25) is 4.79 Å². The molecule has 0 aromatic carbocycles. The SMILES string of the molecule is Cc1ccc(C(C)NC(=O)C2CC2N)o1. The van der Waals surface area contributed by atoms with Crippen molar-refractivity contribution < 1.29 is 9.21 Å². The molecule has 0 spiro atoms. The maximum Gasteiger partial charge on any atom is 0.225 e. The van der Waals surface area contributed by atoms with Crippen LogP contribution in [0, 0.1) is 12.8 Å². The summed E-state index contributed by atoms with van der Waals surface area (Å²) in [4.78, 5) is 11.6. The lowest BCUT2D eigenvalue weighted by atomic mass is 10.2. The van der Waals surface area contributed by atoms with Crippen LogP contribution in [0.1, 0.15) is 30.9 Å². The van der Waals surface area contributed by atoms with Crippen molar-refractivity contribution in [1.82, 2.24) is 5.32 Å². The molecule has 1 aliphatic rings. The number of amides is 1. The summed E-state index contributed by atoms with van der Waals surface area (Å²) in [5.41, 5.74) is 5.60. The van der Waals surface area contributed by atoms with Gasteiger partial charge in [0.15, 0.2) is 0 Å². The largest absolute Gasteiger partial charge is 0.464 e. The van der Waals surface area contributed by atoms with Crippen molar-refractivity contribution in [2.75, 3.05) is 0 Å². The number of nitrogens with two attached hydrogens (primary N) is 1. The molecule has 1 amide bonds. The number of hydrogen-bond acceptors (Lipinski definition) is 3. The Morgan fingerprint density at radius 1 is 1.67 bits per heavy atom. The number of aryl methyl sites for hydroxylation is 1. The van der Waals surface area contributed by atoms with Gasteiger partial charge in [0.25, 0.3) is 0 Å². The van der Waals surface area contributed by atoms with Crippen LogP contribution in [-0.4, -0.2) is 11.9 Å². The summed E-state index contributed by atoms with van der Waals surface area (Å²) in [5, 5.41) is 2.89. The molecule has 1 aromatic heterocycles. The molecule has 15 heavy (non-hydrogen) atoms. The topological polar surface area (TPSA) is 68.3 Å². The van der Waals surface area contributed by atoms with Gasteiger partial charge in [-0.05, 0) is 32.4 Å². The Kier molecular flexibility index (Phi) is 2.52. The summed E-state index contributed by atoms with van der Waals surface area (Å²) in [5.74, 6) is 1.68. The highest BCUT2D eigenvalue weighted by Crippen LogP contribution is 2.28. The van der Waals surface area contributed by atoms with E-state index in [1.165, 1.54) is 0 Å². The fourth-order valence-electron chi connectivity index (χ4n) is 1.59. The molecule has 3 N–H and O–H groups in total. The van der Waals surface area contributed by atoms with Crippen molar-refractivity contribution in [3.63, 3.8) is 0 Å². The van der Waals surface area contributed by atoms with Crippen molar-refractivity contribution in [2.45, 2.75) is 32.4 Å². The van der Waals surface area contributed by atoms with E-state index in [4.69, 9.17) is 10.2 Å². The van der Waals surface area contributed by atoms with Crippen molar-refractivity contribution in [2.24, 2.45) is 11.7 Å². The highest BCUT2D eigenvalue weighted by atomic mass is 16.3. The van der Waals surface area contributed by atoms with Crippen molar-refractivity contribution in [3.05, 3.63) is 23.7 Å². The maximum absolute atomic E-state index is 11.6. The standard InChI is InChI=1S/C11H16N2O2/c1-6-3-4-10(15-6)7(2)13-11(14)8-5-9(8)12/h3-4,7-9H,5,12H2,1-2H3,(H,13,14). The van der Waals surface area contributed by atoms with Gasteiger partial charge < -0.3 is 15.5 Å². The summed E-state index contributed by atoms with van der Waals surface area (Å²) in [6, 6.07) is 3.74. The first-order chi connectivity index (χ1) is 7.08. The molecular weight excluding hydrogens is 192 g/mol. The minimum Gasteiger partial charge on any atom is -0.464 e. The Balaban J connectivity index is 1.92. The van der Waals surface area contributed by atoms with Crippen LogP contribution in [0.15, 0.2) is 16.5 Å². The first-order valence-corrected chi connectivity index (χ1v) is 5.20. The lowest BCUT2D eigenvalue weighted by molar-refractivity contribution is -0.123. The number of carbonyl (C=O) groups excluding carboxylic acids is 1. The molecule has 1 aliphatic carbocycles. The third-order valence-electron chi connectivity index (χ3n) is 2.72. The molecule has 0 saturated heterocycles. The van der Waals surface area contributed by atoms with Crippen molar-refractivity contribution >= 4 is 5.91 Å². The summed E-state index contributed by atoms with van der Waals surface area (Å²) in [6.07, 6.45) is 0.801. The molecule has 0 radical (unpaired) electrons. The highest BCUT2D eigenvalue weighted by molar-refractivity contribution is 5.82. The second-order valence-corrected chi connectivity index (χ2v) is 4.18. The molecule has 3 unspecified atom stereocenters. The molecule has 4 nitrogen and oxygen atoms in total. The zero-order valence-electron chi connectivity index (χ0n) is 8.99. The molecule has 1 heterocycles. The summed E-state index contributed by atoms with van der Waals surface area (Å²) in [6.45, 7) is 3.79. The van der Waals surface area contributed by atoms with Gasteiger partial charge in [0.2, 0.25) is 5.91 Å². The third kappa shape index (κ3) is 2.21. The number of rotatable bonds is 3. The number of nitrogens with one attached hydrogen (secondary N) is 1. The van der Waals surface area contributed by atoms with Gasteiger partial charge in [-0.15, -0.1) is 0 Å². The van der Waals surface area contributed by atoms with Crippen LogP contribution in [0.5, 0.6) is 0 Å². The predicted molar refractivity (Wildman–Crippen MR) is 56.1 cm³/mol. The van der Waals surface area contributed by atoms with Gasteiger partial charge in [-0.25, -0.2) is 0 Å². The average molecular weight is 208 g/mol. The van der Waals surface area contributed by atoms with Crippen LogP contribution in [0.4, 0.5) is 0 Å². The normalized spacial score (nSPS) is 26.1. The van der Waals surface area contributed by atoms with Crippen LogP contribution in [0.3, 0.4) is 0 Å². The minimum absolute atomic E-state index is 0.00325. The van der Waals surface area contributed by atoms with Crippen LogP contribution in [-0.2, 0) is 4.79 Å². The lowest BCUT2D eigenvalue weighted by Crippen LogP contribution is -2.29. The molecule has 1 aromatic rings. The zero-order valence-corrected chi connectivity index (χ0v) is 8.99. The van der Waals surface area contributed by atoms with Crippen LogP contribution in [0.25, 0.3) is 0 Å². The van der Waals surface area contributed by atoms with Gasteiger partial charge in [-0.2, -0.15) is 0 Å². The second-order valence-electron chi connectivity index (χ2n) is 4.18. The zero-order chi connectivity index (χ0) is 11.0. The molecule has 1 fully saturated rings. The Labute approximate surface area is 88.8 Å². The summed E-state index contributed by atoms with van der Waals surface area (Å²) >= 11 is 0. The van der Waals surface area contributed by atoms with E-state index in [-0.39, 0.29) is 23.9 Å². The molecule has 0 aliphatic heterocycles. The van der Waals surface area contributed by atoms with E-state index in [0.29, 0.717) is 0 Å². The molecule has 82 valence electrons. The maximum atomic E-state index is 11.6. The van der Waals surface area contributed by atoms with E-state index in [1.807, 2.05) is 26.0 Å². The predicted octanol–water partition coefficient (Wildman–Crippen LogP) is 1.11. The molecule has 0 bridgehead atoms. The summed E-state index contributed by atoms with van der Waals surface area (Å²) in [7, 11) is 0. The van der Waals surface area contributed by atoms with Gasteiger partial charge in [0, 0.05) is 6.04 Å². The van der Waals surface area contributed by atoms with Crippen LogP contribution < -0.4 is 11.1 Å². The van der Waals surface area contributed by atoms with E-state index in [0.717, 1.165) is 17.9 Å². The number of hydrogen-bond donors (Lipinski definition) is 2. The molecular formula is C11H16N2O2. The van der Waals surface area contributed by atoms with Gasteiger partial charge in [-0.1, -0.05) is 0 Å². The highest BCUT2D eigenvalue weighted by Gasteiger charge is 2.40. The fraction of sp³-hybridized carbons (Fsp3) is 0.545. The average Bonchev–Trinajstić information content (AvgIpc) is 2.73. The Bertz CT molecular complexity index is 372.